The molecule has 23 heavy (non-hydrogen) atoms. The van der Waals surface area contributed by atoms with Gasteiger partial charge in [-0.25, -0.2) is 4.79 Å². The first kappa shape index (κ1) is 16.4. The van der Waals surface area contributed by atoms with Crippen molar-refractivity contribution in [3.63, 3.8) is 0 Å². The monoisotopic (exact) mass is 319 g/mol. The Morgan fingerprint density at radius 3 is 2.39 bits per heavy atom. The number of fused-ring (bicyclic) bond motifs is 1. The number of pyridine rings is 1. The van der Waals surface area contributed by atoms with Crippen LogP contribution in [0.4, 0.5) is 0 Å². The standard InChI is InChI=1S/C16H17NO6/c1-5-6-17-10-8-12(22-3)11(21-2)7-9(10)14(18)13(15(17)19)16(20)23-4/h5,7-8,18H,1,6H2,2-4H3. The molecule has 0 aliphatic carbocycles. The maximum absolute atomic E-state index is 12.5. The van der Waals surface area contributed by atoms with Crippen molar-refractivity contribution in [2.45, 2.75) is 6.54 Å². The zero-order chi connectivity index (χ0) is 17.1. The highest BCUT2D eigenvalue weighted by molar-refractivity contribution is 6.00. The number of hydrogen-bond acceptors (Lipinski definition) is 6. The van der Waals surface area contributed by atoms with E-state index < -0.39 is 22.8 Å². The summed E-state index contributed by atoms with van der Waals surface area (Å²) >= 11 is 0. The number of allylic oxidation sites excluding steroid dienone is 1. The van der Waals surface area contributed by atoms with Gasteiger partial charge in [-0.1, -0.05) is 6.08 Å². The first-order valence-electron chi connectivity index (χ1n) is 6.70. The van der Waals surface area contributed by atoms with E-state index in [1.54, 1.807) is 6.07 Å². The Bertz CT molecular complexity index is 837. The lowest BCUT2D eigenvalue weighted by Gasteiger charge is -2.15. The van der Waals surface area contributed by atoms with Crippen molar-refractivity contribution in [2.75, 3.05) is 21.3 Å². The second-order valence-electron chi connectivity index (χ2n) is 4.64. The van der Waals surface area contributed by atoms with Crippen molar-refractivity contribution in [3.05, 3.63) is 40.7 Å². The van der Waals surface area contributed by atoms with Crippen molar-refractivity contribution in [2.24, 2.45) is 0 Å². The summed E-state index contributed by atoms with van der Waals surface area (Å²) in [6, 6.07) is 3.05. The summed E-state index contributed by atoms with van der Waals surface area (Å²) in [6.07, 6.45) is 1.51. The van der Waals surface area contributed by atoms with E-state index in [0.29, 0.717) is 17.0 Å². The molecule has 0 unspecified atom stereocenters. The summed E-state index contributed by atoms with van der Waals surface area (Å²) in [7, 11) is 4.04. The first-order chi connectivity index (χ1) is 11.0. The molecule has 1 heterocycles. The van der Waals surface area contributed by atoms with Gasteiger partial charge in [0.1, 0.15) is 5.75 Å². The average Bonchev–Trinajstić information content (AvgIpc) is 2.57. The van der Waals surface area contributed by atoms with E-state index in [0.717, 1.165) is 7.11 Å². The summed E-state index contributed by atoms with van der Waals surface area (Å²) in [5.74, 6) is -0.627. The van der Waals surface area contributed by atoms with Gasteiger partial charge in [-0.3, -0.25) is 4.79 Å². The number of aromatic hydroxyl groups is 1. The summed E-state index contributed by atoms with van der Waals surface area (Å²) in [5.41, 5.74) is -0.722. The third-order valence-corrected chi connectivity index (χ3v) is 3.44. The molecule has 0 atom stereocenters. The summed E-state index contributed by atoms with van der Waals surface area (Å²) < 4.78 is 16.3. The molecule has 2 aromatic rings. The van der Waals surface area contributed by atoms with Crippen molar-refractivity contribution in [3.8, 4) is 17.2 Å². The Morgan fingerprint density at radius 2 is 1.87 bits per heavy atom. The quantitative estimate of drug-likeness (QED) is 0.667. The van der Waals surface area contributed by atoms with Crippen LogP contribution in [0.25, 0.3) is 10.9 Å². The number of nitrogens with zero attached hydrogens (tertiary/aromatic N) is 1. The number of carbonyl (C=O) groups excluding carboxylic acids is 1. The first-order valence-corrected chi connectivity index (χ1v) is 6.70. The van der Waals surface area contributed by atoms with Crippen LogP contribution in [0.1, 0.15) is 10.4 Å². The van der Waals surface area contributed by atoms with E-state index in [9.17, 15) is 14.7 Å². The highest BCUT2D eigenvalue weighted by Gasteiger charge is 2.24. The highest BCUT2D eigenvalue weighted by Crippen LogP contribution is 2.36. The Balaban J connectivity index is 3.00. The molecule has 0 saturated heterocycles. The molecule has 0 amide bonds. The summed E-state index contributed by atoms with van der Waals surface area (Å²) in [6.45, 7) is 3.75. The van der Waals surface area contributed by atoms with Gasteiger partial charge in [0.2, 0.25) is 0 Å². The molecule has 0 fully saturated rings. The number of esters is 1. The van der Waals surface area contributed by atoms with Gasteiger partial charge in [-0.05, 0) is 6.07 Å². The number of carbonyl (C=O) groups is 1. The predicted octanol–water partition coefficient (Wildman–Crippen LogP) is 1.70. The average molecular weight is 319 g/mol. The van der Waals surface area contributed by atoms with Gasteiger partial charge in [0.15, 0.2) is 17.1 Å². The second kappa shape index (κ2) is 6.43. The fourth-order valence-electron chi connectivity index (χ4n) is 2.36. The number of ether oxygens (including phenoxy) is 3. The van der Waals surface area contributed by atoms with E-state index in [1.165, 1.54) is 30.9 Å². The maximum atomic E-state index is 12.5. The minimum absolute atomic E-state index is 0.148. The van der Waals surface area contributed by atoms with Crippen LogP contribution in [0.2, 0.25) is 0 Å². The number of methoxy groups -OCH3 is 3. The Morgan fingerprint density at radius 1 is 1.26 bits per heavy atom. The molecule has 1 aromatic heterocycles. The van der Waals surface area contributed by atoms with Crippen LogP contribution in [0, 0.1) is 0 Å². The van der Waals surface area contributed by atoms with E-state index in [1.807, 2.05) is 0 Å². The molecule has 2 rings (SSSR count). The van der Waals surface area contributed by atoms with E-state index in [-0.39, 0.29) is 11.9 Å². The molecule has 122 valence electrons. The molecule has 0 aliphatic rings. The zero-order valence-electron chi connectivity index (χ0n) is 13.1. The largest absolute Gasteiger partial charge is 0.506 e. The van der Waals surface area contributed by atoms with Crippen LogP contribution in [0.5, 0.6) is 17.2 Å². The normalized spacial score (nSPS) is 10.4. The minimum atomic E-state index is -0.915. The second-order valence-corrected chi connectivity index (χ2v) is 4.64. The zero-order valence-corrected chi connectivity index (χ0v) is 13.1. The van der Waals surface area contributed by atoms with Crippen molar-refractivity contribution in [1.29, 1.82) is 0 Å². The van der Waals surface area contributed by atoms with Gasteiger partial charge in [0, 0.05) is 18.0 Å². The van der Waals surface area contributed by atoms with Crippen molar-refractivity contribution in [1.82, 2.24) is 4.57 Å². The number of hydrogen-bond donors (Lipinski definition) is 1. The molecule has 0 bridgehead atoms. The van der Waals surface area contributed by atoms with Crippen molar-refractivity contribution >= 4 is 16.9 Å². The highest BCUT2D eigenvalue weighted by atomic mass is 16.5. The topological polar surface area (TPSA) is 87.0 Å². The van der Waals surface area contributed by atoms with Crippen LogP contribution in [-0.4, -0.2) is 37.0 Å². The van der Waals surface area contributed by atoms with Crippen LogP contribution < -0.4 is 15.0 Å². The van der Waals surface area contributed by atoms with Gasteiger partial charge in [0.25, 0.3) is 5.56 Å². The number of rotatable bonds is 5. The van der Waals surface area contributed by atoms with E-state index in [4.69, 9.17) is 9.47 Å². The van der Waals surface area contributed by atoms with Gasteiger partial charge < -0.3 is 23.9 Å². The van der Waals surface area contributed by atoms with Crippen molar-refractivity contribution < 1.29 is 24.1 Å². The van der Waals surface area contributed by atoms with Crippen LogP contribution in [0.3, 0.4) is 0 Å². The van der Waals surface area contributed by atoms with Crippen LogP contribution in [-0.2, 0) is 11.3 Å². The fourth-order valence-corrected chi connectivity index (χ4v) is 2.36. The lowest BCUT2D eigenvalue weighted by molar-refractivity contribution is 0.0595. The van der Waals surface area contributed by atoms with E-state index in [2.05, 4.69) is 11.3 Å². The molecular weight excluding hydrogens is 302 g/mol. The molecule has 0 aliphatic heterocycles. The SMILES string of the molecule is C=CCn1c(=O)c(C(=O)OC)c(O)c2cc(OC)c(OC)cc21. The number of aromatic nitrogens is 1. The summed E-state index contributed by atoms with van der Waals surface area (Å²) in [5, 5.41) is 10.6. The maximum Gasteiger partial charge on any atom is 0.347 e. The molecule has 1 N–H and O–H groups in total. The fraction of sp³-hybridized carbons (Fsp3) is 0.250. The van der Waals surface area contributed by atoms with Crippen LogP contribution >= 0.6 is 0 Å². The molecule has 7 nitrogen and oxygen atoms in total. The molecular formula is C16H17NO6. The van der Waals surface area contributed by atoms with Gasteiger partial charge in [0.05, 0.1) is 26.8 Å². The smallest absolute Gasteiger partial charge is 0.347 e. The predicted molar refractivity (Wildman–Crippen MR) is 84.5 cm³/mol. The molecule has 7 heteroatoms. The number of benzene rings is 1. The van der Waals surface area contributed by atoms with Gasteiger partial charge in [-0.2, -0.15) is 0 Å². The third-order valence-electron chi connectivity index (χ3n) is 3.44. The Hall–Kier alpha value is -2.96. The third kappa shape index (κ3) is 2.61. The molecule has 0 saturated carbocycles. The Kier molecular flexibility index (Phi) is 4.59. The molecule has 0 spiro atoms. The Labute approximate surface area is 132 Å². The lowest BCUT2D eigenvalue weighted by Crippen LogP contribution is -2.27. The minimum Gasteiger partial charge on any atom is -0.506 e. The lowest BCUT2D eigenvalue weighted by atomic mass is 10.1. The van der Waals surface area contributed by atoms with Gasteiger partial charge >= 0.3 is 5.97 Å². The van der Waals surface area contributed by atoms with E-state index >= 15 is 0 Å². The molecule has 0 radical (unpaired) electrons. The summed E-state index contributed by atoms with van der Waals surface area (Å²) in [4.78, 5) is 24.4. The van der Waals surface area contributed by atoms with Gasteiger partial charge in [-0.15, -0.1) is 6.58 Å². The van der Waals surface area contributed by atoms with Crippen LogP contribution in [0.15, 0.2) is 29.6 Å². The molecule has 1 aromatic carbocycles.